The number of aliphatic hydroxyl groups excluding tert-OH is 2. The summed E-state index contributed by atoms with van der Waals surface area (Å²) in [5.41, 5.74) is 0.0681. The van der Waals surface area contributed by atoms with Gasteiger partial charge in [-0.05, 0) is 12.8 Å². The highest BCUT2D eigenvalue weighted by molar-refractivity contribution is 4.86. The summed E-state index contributed by atoms with van der Waals surface area (Å²) in [6.45, 7) is 5.78. The Labute approximate surface area is 115 Å². The molecule has 1 unspecified atom stereocenters. The Morgan fingerprint density at radius 3 is 2.53 bits per heavy atom. The van der Waals surface area contributed by atoms with Crippen molar-refractivity contribution in [3.05, 3.63) is 0 Å². The highest BCUT2D eigenvalue weighted by atomic mass is 16.5. The van der Waals surface area contributed by atoms with Gasteiger partial charge in [0.1, 0.15) is 0 Å². The molecular weight excluding hydrogens is 244 g/mol. The monoisotopic (exact) mass is 272 g/mol. The van der Waals surface area contributed by atoms with Crippen molar-refractivity contribution in [3.8, 4) is 0 Å². The minimum absolute atomic E-state index is 0.0681. The van der Waals surface area contributed by atoms with Gasteiger partial charge in [-0.15, -0.1) is 0 Å². The van der Waals surface area contributed by atoms with Crippen LogP contribution in [-0.4, -0.2) is 73.8 Å². The molecule has 0 aromatic rings. The molecule has 1 heterocycles. The molecule has 1 aliphatic heterocycles. The van der Waals surface area contributed by atoms with E-state index in [4.69, 9.17) is 4.74 Å². The maximum absolute atomic E-state index is 10.0. The van der Waals surface area contributed by atoms with Crippen molar-refractivity contribution >= 4 is 0 Å². The second-order valence-corrected chi connectivity index (χ2v) is 6.06. The molecule has 1 aliphatic carbocycles. The van der Waals surface area contributed by atoms with Gasteiger partial charge in [0.25, 0.3) is 0 Å². The Balaban J connectivity index is 1.61. The number of aliphatic hydroxyl groups is 2. The molecule has 1 saturated heterocycles. The van der Waals surface area contributed by atoms with Gasteiger partial charge < -0.3 is 20.3 Å². The first-order valence-electron chi connectivity index (χ1n) is 7.54. The smallest absolute Gasteiger partial charge is 0.0791 e. The van der Waals surface area contributed by atoms with Crippen LogP contribution < -0.4 is 5.32 Å². The van der Waals surface area contributed by atoms with Crippen LogP contribution in [0.3, 0.4) is 0 Å². The molecule has 2 fully saturated rings. The van der Waals surface area contributed by atoms with Crippen molar-refractivity contribution < 1.29 is 14.9 Å². The van der Waals surface area contributed by atoms with Crippen molar-refractivity contribution in [2.45, 2.75) is 31.8 Å². The first kappa shape index (κ1) is 15.2. The number of hydrogen-bond donors (Lipinski definition) is 3. The standard InChI is InChI=1S/C14H28N2O3/c17-12-14(3-1-2-4-14)11-15-9-13(18)10-16-5-7-19-8-6-16/h13,15,17-18H,1-12H2. The molecule has 1 atom stereocenters. The van der Waals surface area contributed by atoms with E-state index in [1.165, 1.54) is 12.8 Å². The average Bonchev–Trinajstić information content (AvgIpc) is 2.89. The highest BCUT2D eigenvalue weighted by Crippen LogP contribution is 2.36. The normalized spacial score (nSPS) is 25.6. The van der Waals surface area contributed by atoms with Crippen molar-refractivity contribution in [1.29, 1.82) is 0 Å². The number of morpholine rings is 1. The summed E-state index contributed by atoms with van der Waals surface area (Å²) < 4.78 is 5.29. The third-order valence-corrected chi connectivity index (χ3v) is 4.45. The molecule has 0 aromatic heterocycles. The fourth-order valence-corrected chi connectivity index (χ4v) is 3.17. The highest BCUT2D eigenvalue weighted by Gasteiger charge is 2.32. The van der Waals surface area contributed by atoms with Crippen LogP contribution in [0.15, 0.2) is 0 Å². The lowest BCUT2D eigenvalue weighted by molar-refractivity contribution is 0.0140. The lowest BCUT2D eigenvalue weighted by Crippen LogP contribution is -2.45. The van der Waals surface area contributed by atoms with Crippen LogP contribution in [-0.2, 0) is 4.74 Å². The summed E-state index contributed by atoms with van der Waals surface area (Å²) >= 11 is 0. The lowest BCUT2D eigenvalue weighted by Gasteiger charge is -2.30. The van der Waals surface area contributed by atoms with Crippen molar-refractivity contribution in [1.82, 2.24) is 10.2 Å². The molecule has 5 heteroatoms. The van der Waals surface area contributed by atoms with Gasteiger partial charge in [-0.25, -0.2) is 0 Å². The van der Waals surface area contributed by atoms with Gasteiger partial charge in [-0.3, -0.25) is 4.90 Å². The molecule has 0 bridgehead atoms. The quantitative estimate of drug-likeness (QED) is 0.600. The van der Waals surface area contributed by atoms with Crippen LogP contribution in [0.1, 0.15) is 25.7 Å². The van der Waals surface area contributed by atoms with E-state index in [9.17, 15) is 10.2 Å². The molecule has 0 amide bonds. The molecule has 0 aromatic carbocycles. The summed E-state index contributed by atoms with van der Waals surface area (Å²) in [5.74, 6) is 0. The summed E-state index contributed by atoms with van der Waals surface area (Å²) in [4.78, 5) is 2.24. The number of β-amino-alcohol motifs (C(OH)–C–C–N with tert-alkyl or cyclic N) is 1. The number of nitrogens with one attached hydrogen (secondary N) is 1. The van der Waals surface area contributed by atoms with Gasteiger partial charge in [0.15, 0.2) is 0 Å². The molecule has 0 spiro atoms. The molecule has 1 saturated carbocycles. The van der Waals surface area contributed by atoms with Crippen LogP contribution in [0.2, 0.25) is 0 Å². The fourth-order valence-electron chi connectivity index (χ4n) is 3.17. The first-order valence-corrected chi connectivity index (χ1v) is 7.54. The molecule has 112 valence electrons. The van der Waals surface area contributed by atoms with Gasteiger partial charge in [0.05, 0.1) is 19.3 Å². The fraction of sp³-hybridized carbons (Fsp3) is 1.00. The van der Waals surface area contributed by atoms with E-state index in [2.05, 4.69) is 10.2 Å². The third-order valence-electron chi connectivity index (χ3n) is 4.45. The van der Waals surface area contributed by atoms with E-state index in [-0.39, 0.29) is 18.1 Å². The van der Waals surface area contributed by atoms with Crippen molar-refractivity contribution in [2.75, 3.05) is 52.5 Å². The average molecular weight is 272 g/mol. The topological polar surface area (TPSA) is 65.0 Å². The number of nitrogens with zero attached hydrogens (tertiary/aromatic N) is 1. The maximum atomic E-state index is 10.0. The predicted molar refractivity (Wildman–Crippen MR) is 74.1 cm³/mol. The van der Waals surface area contributed by atoms with Gasteiger partial charge in [-0.1, -0.05) is 12.8 Å². The summed E-state index contributed by atoms with van der Waals surface area (Å²) in [6, 6.07) is 0. The zero-order valence-electron chi connectivity index (χ0n) is 11.8. The van der Waals surface area contributed by atoms with Crippen LogP contribution in [0.5, 0.6) is 0 Å². The molecule has 3 N–H and O–H groups in total. The van der Waals surface area contributed by atoms with Crippen LogP contribution in [0, 0.1) is 5.41 Å². The SMILES string of the molecule is OCC1(CNCC(O)CN2CCOCC2)CCCC1. The minimum atomic E-state index is -0.338. The Hall–Kier alpha value is -0.200. The van der Waals surface area contributed by atoms with Gasteiger partial charge in [0, 0.05) is 44.7 Å². The summed E-state index contributed by atoms with van der Waals surface area (Å²) in [5, 5.41) is 22.9. The van der Waals surface area contributed by atoms with E-state index in [0.29, 0.717) is 13.1 Å². The minimum Gasteiger partial charge on any atom is -0.396 e. The van der Waals surface area contributed by atoms with Crippen LogP contribution >= 0.6 is 0 Å². The van der Waals surface area contributed by atoms with E-state index >= 15 is 0 Å². The van der Waals surface area contributed by atoms with E-state index in [1.807, 2.05) is 0 Å². The second kappa shape index (κ2) is 7.55. The molecule has 2 rings (SSSR count). The van der Waals surface area contributed by atoms with Gasteiger partial charge >= 0.3 is 0 Å². The molecule has 2 aliphatic rings. The molecule has 5 nitrogen and oxygen atoms in total. The predicted octanol–water partition coefficient (Wildman–Crippen LogP) is -0.178. The summed E-state index contributed by atoms with van der Waals surface area (Å²) in [7, 11) is 0. The van der Waals surface area contributed by atoms with Crippen LogP contribution in [0.25, 0.3) is 0 Å². The number of hydrogen-bond acceptors (Lipinski definition) is 5. The Bertz CT molecular complexity index is 251. The second-order valence-electron chi connectivity index (χ2n) is 6.06. The Morgan fingerprint density at radius 1 is 1.21 bits per heavy atom. The molecule has 0 radical (unpaired) electrons. The first-order chi connectivity index (χ1) is 9.24. The van der Waals surface area contributed by atoms with E-state index in [1.54, 1.807) is 0 Å². The summed E-state index contributed by atoms with van der Waals surface area (Å²) in [6.07, 6.45) is 4.32. The molecular formula is C14H28N2O3. The largest absolute Gasteiger partial charge is 0.396 e. The van der Waals surface area contributed by atoms with Crippen molar-refractivity contribution in [2.24, 2.45) is 5.41 Å². The Kier molecular flexibility index (Phi) is 6.04. The van der Waals surface area contributed by atoms with E-state index in [0.717, 1.165) is 45.7 Å². The number of rotatable bonds is 7. The third kappa shape index (κ3) is 4.68. The van der Waals surface area contributed by atoms with Crippen molar-refractivity contribution in [3.63, 3.8) is 0 Å². The zero-order valence-corrected chi connectivity index (χ0v) is 11.8. The Morgan fingerprint density at radius 2 is 1.89 bits per heavy atom. The molecule has 19 heavy (non-hydrogen) atoms. The van der Waals surface area contributed by atoms with Gasteiger partial charge in [-0.2, -0.15) is 0 Å². The lowest BCUT2D eigenvalue weighted by atomic mass is 9.87. The van der Waals surface area contributed by atoms with E-state index < -0.39 is 0 Å². The van der Waals surface area contributed by atoms with Gasteiger partial charge in [0.2, 0.25) is 0 Å². The maximum Gasteiger partial charge on any atom is 0.0791 e. The zero-order chi connectivity index (χ0) is 13.6. The van der Waals surface area contributed by atoms with Crippen LogP contribution in [0.4, 0.5) is 0 Å². The number of ether oxygens (including phenoxy) is 1.